The predicted molar refractivity (Wildman–Crippen MR) is 57.1 cm³/mol. The third-order valence-corrected chi connectivity index (χ3v) is 2.01. The van der Waals surface area contributed by atoms with Crippen LogP contribution in [0, 0.1) is 0 Å². The van der Waals surface area contributed by atoms with Crippen molar-refractivity contribution >= 4 is 12.4 Å². The van der Waals surface area contributed by atoms with Crippen LogP contribution in [0.1, 0.15) is 24.1 Å². The molecule has 0 saturated carbocycles. The lowest BCUT2D eigenvalue weighted by molar-refractivity contribution is 0.268. The first kappa shape index (κ1) is 12.4. The van der Waals surface area contributed by atoms with Gasteiger partial charge in [-0.1, -0.05) is 31.2 Å². The number of aliphatic hydroxyl groups is 1. The van der Waals surface area contributed by atoms with Crippen LogP contribution in [0.5, 0.6) is 0 Å². The van der Waals surface area contributed by atoms with E-state index in [1.807, 2.05) is 24.3 Å². The number of benzene rings is 1. The Morgan fingerprint density at radius 1 is 1.31 bits per heavy atom. The number of aryl methyl sites for hydroxylation is 1. The molecule has 0 spiro atoms. The summed E-state index contributed by atoms with van der Waals surface area (Å²) in [5, 5.41) is 8.79. The van der Waals surface area contributed by atoms with E-state index in [0.717, 1.165) is 12.0 Å². The van der Waals surface area contributed by atoms with Gasteiger partial charge in [-0.15, -0.1) is 12.4 Å². The second kappa shape index (κ2) is 5.97. The third-order valence-electron chi connectivity index (χ3n) is 2.01. The van der Waals surface area contributed by atoms with Crippen LogP contribution < -0.4 is 5.73 Å². The molecule has 13 heavy (non-hydrogen) atoms. The summed E-state index contributed by atoms with van der Waals surface area (Å²) in [6.45, 7) is 2.12. The number of rotatable bonds is 3. The zero-order chi connectivity index (χ0) is 8.97. The van der Waals surface area contributed by atoms with Crippen LogP contribution in [-0.4, -0.2) is 11.7 Å². The summed E-state index contributed by atoms with van der Waals surface area (Å²) < 4.78 is 0. The van der Waals surface area contributed by atoms with Gasteiger partial charge >= 0.3 is 0 Å². The van der Waals surface area contributed by atoms with Gasteiger partial charge in [0, 0.05) is 0 Å². The van der Waals surface area contributed by atoms with E-state index >= 15 is 0 Å². The minimum atomic E-state index is -0.240. The van der Waals surface area contributed by atoms with Crippen molar-refractivity contribution in [3.05, 3.63) is 35.4 Å². The molecular weight excluding hydrogens is 186 g/mol. The Balaban J connectivity index is 0.00000144. The molecule has 0 aromatic heterocycles. The van der Waals surface area contributed by atoms with Gasteiger partial charge in [0.15, 0.2) is 0 Å². The predicted octanol–water partition coefficient (Wildman–Crippen LogP) is 1.66. The highest BCUT2D eigenvalue weighted by atomic mass is 35.5. The number of hydrogen-bond donors (Lipinski definition) is 2. The molecule has 0 aliphatic carbocycles. The van der Waals surface area contributed by atoms with Gasteiger partial charge in [0.2, 0.25) is 0 Å². The van der Waals surface area contributed by atoms with Crippen LogP contribution in [0.3, 0.4) is 0 Å². The van der Waals surface area contributed by atoms with E-state index in [1.165, 1.54) is 5.56 Å². The minimum absolute atomic E-state index is 0. The molecule has 1 atom stereocenters. The van der Waals surface area contributed by atoms with Crippen molar-refractivity contribution in [3.8, 4) is 0 Å². The summed E-state index contributed by atoms with van der Waals surface area (Å²) >= 11 is 0. The minimum Gasteiger partial charge on any atom is -0.394 e. The molecule has 0 amide bonds. The summed E-state index contributed by atoms with van der Waals surface area (Å²) in [4.78, 5) is 0. The van der Waals surface area contributed by atoms with Crippen molar-refractivity contribution in [2.24, 2.45) is 5.73 Å². The fourth-order valence-electron chi connectivity index (χ4n) is 1.11. The van der Waals surface area contributed by atoms with Gasteiger partial charge in [-0.2, -0.15) is 0 Å². The normalized spacial score (nSPS) is 11.9. The maximum atomic E-state index is 8.79. The van der Waals surface area contributed by atoms with Gasteiger partial charge in [-0.3, -0.25) is 0 Å². The highest BCUT2D eigenvalue weighted by molar-refractivity contribution is 5.85. The molecule has 0 bridgehead atoms. The Kier molecular flexibility index (Phi) is 5.71. The van der Waals surface area contributed by atoms with E-state index in [2.05, 4.69) is 6.92 Å². The zero-order valence-electron chi connectivity index (χ0n) is 7.73. The van der Waals surface area contributed by atoms with Crippen LogP contribution >= 0.6 is 12.4 Å². The van der Waals surface area contributed by atoms with Gasteiger partial charge in [0.05, 0.1) is 12.6 Å². The highest BCUT2D eigenvalue weighted by Crippen LogP contribution is 2.10. The molecule has 0 saturated heterocycles. The molecule has 1 aromatic rings. The van der Waals surface area contributed by atoms with E-state index in [0.29, 0.717) is 0 Å². The van der Waals surface area contributed by atoms with Crippen molar-refractivity contribution < 1.29 is 5.11 Å². The standard InChI is InChI=1S/C10H15NO.ClH/c1-2-8-3-5-9(6-4-8)10(11)7-12;/h3-6,10,12H,2,7,11H2,1H3;1H/t10-;/m0./s1. The molecule has 0 aliphatic heterocycles. The first-order valence-electron chi connectivity index (χ1n) is 4.23. The summed E-state index contributed by atoms with van der Waals surface area (Å²) in [6, 6.07) is 7.80. The van der Waals surface area contributed by atoms with Crippen molar-refractivity contribution in [1.29, 1.82) is 0 Å². The Morgan fingerprint density at radius 2 is 1.85 bits per heavy atom. The fraction of sp³-hybridized carbons (Fsp3) is 0.400. The lowest BCUT2D eigenvalue weighted by Gasteiger charge is -2.08. The molecule has 3 heteroatoms. The molecule has 3 N–H and O–H groups in total. The Labute approximate surface area is 85.2 Å². The van der Waals surface area contributed by atoms with E-state index in [1.54, 1.807) is 0 Å². The first-order chi connectivity index (χ1) is 5.77. The number of hydrogen-bond acceptors (Lipinski definition) is 2. The molecule has 0 fully saturated rings. The monoisotopic (exact) mass is 201 g/mol. The van der Waals surface area contributed by atoms with Crippen molar-refractivity contribution in [1.82, 2.24) is 0 Å². The van der Waals surface area contributed by atoms with Crippen molar-refractivity contribution in [2.45, 2.75) is 19.4 Å². The molecular formula is C10H16ClNO. The van der Waals surface area contributed by atoms with Gasteiger partial charge in [-0.25, -0.2) is 0 Å². The van der Waals surface area contributed by atoms with E-state index < -0.39 is 0 Å². The Bertz CT molecular complexity index is 235. The van der Waals surface area contributed by atoms with Gasteiger partial charge in [0.1, 0.15) is 0 Å². The lowest BCUT2D eigenvalue weighted by Crippen LogP contribution is -2.14. The molecule has 1 rings (SSSR count). The molecule has 74 valence electrons. The maximum absolute atomic E-state index is 8.79. The molecule has 0 heterocycles. The number of aliphatic hydroxyl groups excluding tert-OH is 1. The average molecular weight is 202 g/mol. The number of nitrogens with two attached hydrogens (primary N) is 1. The molecule has 0 unspecified atom stereocenters. The molecule has 0 aliphatic rings. The Morgan fingerprint density at radius 3 is 2.23 bits per heavy atom. The summed E-state index contributed by atoms with van der Waals surface area (Å²) in [5.74, 6) is 0. The van der Waals surface area contributed by atoms with Crippen LogP contribution in [-0.2, 0) is 6.42 Å². The van der Waals surface area contributed by atoms with Crippen LogP contribution in [0.4, 0.5) is 0 Å². The zero-order valence-corrected chi connectivity index (χ0v) is 8.55. The maximum Gasteiger partial charge on any atom is 0.0624 e. The lowest BCUT2D eigenvalue weighted by atomic mass is 10.1. The second-order valence-corrected chi connectivity index (χ2v) is 2.88. The van der Waals surface area contributed by atoms with Crippen LogP contribution in [0.25, 0.3) is 0 Å². The van der Waals surface area contributed by atoms with Crippen molar-refractivity contribution in [3.63, 3.8) is 0 Å². The first-order valence-corrected chi connectivity index (χ1v) is 4.23. The smallest absolute Gasteiger partial charge is 0.0624 e. The average Bonchev–Trinajstić information content (AvgIpc) is 2.17. The van der Waals surface area contributed by atoms with Gasteiger partial charge < -0.3 is 10.8 Å². The van der Waals surface area contributed by atoms with Crippen LogP contribution in [0.2, 0.25) is 0 Å². The third kappa shape index (κ3) is 3.35. The van der Waals surface area contributed by atoms with E-state index in [4.69, 9.17) is 10.8 Å². The SMILES string of the molecule is CCc1ccc([C@@H](N)CO)cc1.Cl. The molecule has 1 aromatic carbocycles. The van der Waals surface area contributed by atoms with Crippen LogP contribution in [0.15, 0.2) is 24.3 Å². The van der Waals surface area contributed by atoms with E-state index in [9.17, 15) is 0 Å². The van der Waals surface area contributed by atoms with Crippen molar-refractivity contribution in [2.75, 3.05) is 6.61 Å². The summed E-state index contributed by atoms with van der Waals surface area (Å²) in [6.07, 6.45) is 1.04. The highest BCUT2D eigenvalue weighted by Gasteiger charge is 2.02. The Hall–Kier alpha value is -0.570. The quantitative estimate of drug-likeness (QED) is 0.782. The fourth-order valence-corrected chi connectivity index (χ4v) is 1.11. The second-order valence-electron chi connectivity index (χ2n) is 2.88. The molecule has 0 radical (unpaired) electrons. The summed E-state index contributed by atoms with van der Waals surface area (Å²) in [5.41, 5.74) is 7.93. The summed E-state index contributed by atoms with van der Waals surface area (Å²) in [7, 11) is 0. The largest absolute Gasteiger partial charge is 0.394 e. The van der Waals surface area contributed by atoms with E-state index in [-0.39, 0.29) is 25.1 Å². The molecule has 2 nitrogen and oxygen atoms in total. The van der Waals surface area contributed by atoms with Gasteiger partial charge in [0.25, 0.3) is 0 Å². The number of halogens is 1. The van der Waals surface area contributed by atoms with Gasteiger partial charge in [-0.05, 0) is 17.5 Å². The topological polar surface area (TPSA) is 46.2 Å².